The second-order valence-corrected chi connectivity index (χ2v) is 10.7. The van der Waals surface area contributed by atoms with Gasteiger partial charge in [0.25, 0.3) is 5.92 Å². The third-order valence-corrected chi connectivity index (χ3v) is 8.06. The first-order valence-corrected chi connectivity index (χ1v) is 12.5. The van der Waals surface area contributed by atoms with Gasteiger partial charge in [0.1, 0.15) is 18.8 Å². The number of likely N-dealkylation sites (tertiary alicyclic amines) is 1. The maximum Gasteiger partial charge on any atom is 0.302 e. The molecule has 0 radical (unpaired) electrons. The molecule has 2 aliphatic heterocycles. The van der Waals surface area contributed by atoms with Crippen LogP contribution in [0.15, 0.2) is 30.6 Å². The van der Waals surface area contributed by atoms with Gasteiger partial charge in [0.15, 0.2) is 5.82 Å². The lowest BCUT2D eigenvalue weighted by molar-refractivity contribution is -0.182. The van der Waals surface area contributed by atoms with E-state index in [4.69, 9.17) is 21.1 Å². The van der Waals surface area contributed by atoms with E-state index in [0.717, 1.165) is 16.8 Å². The molecular weight excluding hydrogens is 498 g/mol. The van der Waals surface area contributed by atoms with E-state index in [1.165, 1.54) is 24.3 Å². The number of fused-ring (bicyclic) bond motifs is 2. The molecule has 1 saturated heterocycles. The summed E-state index contributed by atoms with van der Waals surface area (Å²) in [6.45, 7) is 4.89. The number of alkyl halides is 2. The molecule has 11 heteroatoms. The molecular formula is C24H25ClF2N4O3S. The standard InChI is InChI=1S/C24H25ClF2N4O3S/c1-15-18(12-31(29-15)22-17(4-3-7-28-22)13-33-16(2)32)11-30-8-5-23(6-9-30)21-19(10-20(25)35-21)24(26,27)14-34-23/h3-4,7,10,12H,5-6,8-9,11,13-14H2,1-2H3. The summed E-state index contributed by atoms with van der Waals surface area (Å²) < 4.78 is 41.8. The van der Waals surface area contributed by atoms with Crippen LogP contribution in [0.2, 0.25) is 4.34 Å². The second kappa shape index (κ2) is 9.24. The maximum absolute atomic E-state index is 14.4. The van der Waals surface area contributed by atoms with E-state index in [0.29, 0.717) is 47.5 Å². The summed E-state index contributed by atoms with van der Waals surface area (Å²) in [4.78, 5) is 18.5. The minimum absolute atomic E-state index is 0.0178. The Hall–Kier alpha value is -2.40. The van der Waals surface area contributed by atoms with Gasteiger partial charge >= 0.3 is 5.97 Å². The number of rotatable bonds is 5. The van der Waals surface area contributed by atoms with Crippen molar-refractivity contribution in [3.05, 3.63) is 62.2 Å². The maximum atomic E-state index is 14.4. The van der Waals surface area contributed by atoms with Crippen LogP contribution < -0.4 is 0 Å². The highest BCUT2D eigenvalue weighted by Gasteiger charge is 2.51. The van der Waals surface area contributed by atoms with E-state index in [-0.39, 0.29) is 18.1 Å². The van der Waals surface area contributed by atoms with Gasteiger partial charge in [-0.2, -0.15) is 13.9 Å². The van der Waals surface area contributed by atoms with Gasteiger partial charge in [-0.05, 0) is 31.9 Å². The molecule has 35 heavy (non-hydrogen) atoms. The molecule has 186 valence electrons. The number of aromatic nitrogens is 3. The summed E-state index contributed by atoms with van der Waals surface area (Å²) in [6.07, 6.45) is 4.85. The topological polar surface area (TPSA) is 69.5 Å². The Labute approximate surface area is 210 Å². The molecule has 0 N–H and O–H groups in total. The number of carbonyl (C=O) groups is 1. The lowest BCUT2D eigenvalue weighted by Gasteiger charge is -2.45. The summed E-state index contributed by atoms with van der Waals surface area (Å²) in [5, 5.41) is 4.63. The molecule has 2 aliphatic rings. The number of thiophene rings is 1. The number of hydrogen-bond donors (Lipinski definition) is 0. The van der Waals surface area contributed by atoms with Crippen molar-refractivity contribution in [1.82, 2.24) is 19.7 Å². The van der Waals surface area contributed by atoms with Crippen LogP contribution in [-0.4, -0.2) is 45.3 Å². The highest BCUT2D eigenvalue weighted by molar-refractivity contribution is 7.16. The summed E-state index contributed by atoms with van der Waals surface area (Å²) >= 11 is 7.32. The van der Waals surface area contributed by atoms with Crippen LogP contribution in [0.1, 0.15) is 47.0 Å². The van der Waals surface area contributed by atoms with Crippen LogP contribution in [0.3, 0.4) is 0 Å². The molecule has 0 aromatic carbocycles. The number of carbonyl (C=O) groups excluding carboxylic acids is 1. The van der Waals surface area contributed by atoms with Gasteiger partial charge < -0.3 is 9.47 Å². The van der Waals surface area contributed by atoms with E-state index < -0.39 is 18.1 Å². The van der Waals surface area contributed by atoms with Crippen molar-refractivity contribution >= 4 is 28.9 Å². The number of halogens is 3. The fourth-order valence-electron chi connectivity index (χ4n) is 4.72. The number of ether oxygens (including phenoxy) is 2. The van der Waals surface area contributed by atoms with Crippen LogP contribution in [0.5, 0.6) is 0 Å². The van der Waals surface area contributed by atoms with Gasteiger partial charge in [0.05, 0.1) is 10.0 Å². The Balaban J connectivity index is 1.30. The predicted octanol–water partition coefficient (Wildman–Crippen LogP) is 4.97. The van der Waals surface area contributed by atoms with Crippen molar-refractivity contribution in [3.8, 4) is 5.82 Å². The summed E-state index contributed by atoms with van der Waals surface area (Å²) in [7, 11) is 0. The third kappa shape index (κ3) is 4.72. The van der Waals surface area contributed by atoms with Crippen LogP contribution in [-0.2, 0) is 38.9 Å². The largest absolute Gasteiger partial charge is 0.461 e. The number of aryl methyl sites for hydroxylation is 1. The van der Waals surface area contributed by atoms with Crippen LogP contribution in [0.25, 0.3) is 5.82 Å². The third-order valence-electron chi connectivity index (χ3n) is 6.61. The van der Waals surface area contributed by atoms with Crippen molar-refractivity contribution in [2.45, 2.75) is 51.4 Å². The first kappa shape index (κ1) is 24.3. The van der Waals surface area contributed by atoms with Gasteiger partial charge in [-0.15, -0.1) is 11.3 Å². The first-order chi connectivity index (χ1) is 16.7. The fourth-order valence-corrected chi connectivity index (χ4v) is 6.20. The molecule has 0 unspecified atom stereocenters. The lowest BCUT2D eigenvalue weighted by atomic mass is 9.84. The molecule has 0 aliphatic carbocycles. The predicted molar refractivity (Wildman–Crippen MR) is 127 cm³/mol. The van der Waals surface area contributed by atoms with Crippen LogP contribution in [0, 0.1) is 6.92 Å². The number of piperidine rings is 1. The quantitative estimate of drug-likeness (QED) is 0.441. The molecule has 0 amide bonds. The van der Waals surface area contributed by atoms with Crippen molar-refractivity contribution in [2.75, 3.05) is 19.7 Å². The number of hydrogen-bond acceptors (Lipinski definition) is 7. The van der Waals surface area contributed by atoms with Crippen LogP contribution in [0.4, 0.5) is 8.78 Å². The fraction of sp³-hybridized carbons (Fsp3) is 0.458. The monoisotopic (exact) mass is 522 g/mol. The molecule has 5 rings (SSSR count). The Morgan fingerprint density at radius 1 is 1.31 bits per heavy atom. The lowest BCUT2D eigenvalue weighted by Crippen LogP contribution is -2.48. The van der Waals surface area contributed by atoms with Gasteiger partial charge in [-0.25, -0.2) is 9.67 Å². The molecule has 3 aromatic heterocycles. The first-order valence-electron chi connectivity index (χ1n) is 11.3. The Kier molecular flexibility index (Phi) is 6.41. The number of nitrogens with zero attached hydrogens (tertiary/aromatic N) is 4. The SMILES string of the molecule is CC(=O)OCc1cccnc1-n1cc(CN2CCC3(CC2)OCC(F)(F)c2cc(Cl)sc23)c(C)n1. The van der Waals surface area contributed by atoms with E-state index in [2.05, 4.69) is 15.0 Å². The van der Waals surface area contributed by atoms with E-state index in [9.17, 15) is 13.6 Å². The second-order valence-electron chi connectivity index (χ2n) is 9.01. The summed E-state index contributed by atoms with van der Waals surface area (Å²) in [5.74, 6) is -2.76. The molecule has 7 nitrogen and oxygen atoms in total. The highest BCUT2D eigenvalue weighted by Crippen LogP contribution is 2.52. The van der Waals surface area contributed by atoms with Crippen LogP contribution >= 0.6 is 22.9 Å². The Morgan fingerprint density at radius 3 is 2.83 bits per heavy atom. The average molecular weight is 523 g/mol. The summed E-state index contributed by atoms with van der Waals surface area (Å²) in [6, 6.07) is 5.03. The molecule has 1 fully saturated rings. The van der Waals surface area contributed by atoms with E-state index in [1.54, 1.807) is 16.9 Å². The van der Waals surface area contributed by atoms with Crippen molar-refractivity contribution in [1.29, 1.82) is 0 Å². The number of esters is 1. The molecule has 1 spiro atoms. The molecule has 0 bridgehead atoms. The zero-order valence-corrected chi connectivity index (χ0v) is 21.0. The molecule has 0 saturated carbocycles. The van der Waals surface area contributed by atoms with Crippen molar-refractivity contribution < 1.29 is 23.0 Å². The van der Waals surface area contributed by atoms with Gasteiger partial charge in [0.2, 0.25) is 0 Å². The highest BCUT2D eigenvalue weighted by atomic mass is 35.5. The molecule has 3 aromatic rings. The van der Waals surface area contributed by atoms with Gasteiger partial charge in [-0.1, -0.05) is 17.7 Å². The zero-order valence-electron chi connectivity index (χ0n) is 19.4. The Bertz CT molecular complexity index is 1250. The number of pyridine rings is 1. The smallest absolute Gasteiger partial charge is 0.302 e. The van der Waals surface area contributed by atoms with E-state index >= 15 is 0 Å². The minimum atomic E-state index is -3.01. The van der Waals surface area contributed by atoms with E-state index in [1.807, 2.05) is 19.2 Å². The van der Waals surface area contributed by atoms with Crippen molar-refractivity contribution in [3.63, 3.8) is 0 Å². The van der Waals surface area contributed by atoms with Gasteiger partial charge in [0, 0.05) is 60.5 Å². The van der Waals surface area contributed by atoms with Gasteiger partial charge in [-0.3, -0.25) is 9.69 Å². The zero-order chi connectivity index (χ0) is 24.8. The Morgan fingerprint density at radius 2 is 2.09 bits per heavy atom. The summed E-state index contributed by atoms with van der Waals surface area (Å²) in [5.41, 5.74) is 1.98. The minimum Gasteiger partial charge on any atom is -0.461 e. The molecule has 0 atom stereocenters. The molecule has 5 heterocycles. The normalized spacial score (nSPS) is 19.0. The van der Waals surface area contributed by atoms with Crippen molar-refractivity contribution in [2.24, 2.45) is 0 Å². The average Bonchev–Trinajstić information content (AvgIpc) is 3.41.